The molecule has 0 heterocycles. The van der Waals surface area contributed by atoms with E-state index < -0.39 is 28.8 Å². The van der Waals surface area contributed by atoms with Gasteiger partial charge in [-0.3, -0.25) is 14.4 Å². The molecule has 44 heavy (non-hydrogen) atoms. The van der Waals surface area contributed by atoms with Crippen molar-refractivity contribution in [1.29, 1.82) is 0 Å². The number of carbonyl (C=O) groups excluding carboxylic acids is 3. The standard InChI is InChI=1S/C33H28ClN3O6S/c1-2-29(32(41)36-23-15-16-28(38)25(19-23)33(42)43)44-24-13-8-12-22(18-24)35-31(40)27(17-21-11-6-7-14-26(21)34)37-30(39)20-9-4-3-5-10-20/h3-19,29,38H,2H2,1H3,(H,35,40)(H,36,41)(H,37,39)(H,42,43)/b27-17+. The summed E-state index contributed by atoms with van der Waals surface area (Å²) in [4.78, 5) is 51.4. The Kier molecular flexibility index (Phi) is 10.8. The van der Waals surface area contributed by atoms with Crippen molar-refractivity contribution >= 4 is 64.5 Å². The van der Waals surface area contributed by atoms with Crippen LogP contribution in [0.3, 0.4) is 0 Å². The number of aromatic hydroxyl groups is 1. The highest BCUT2D eigenvalue weighted by Crippen LogP contribution is 2.30. The number of carbonyl (C=O) groups is 4. The number of carboxylic acid groups (broad SMARTS) is 1. The SMILES string of the molecule is CCC(Sc1cccc(NC(=O)/C(=C\c2ccccc2Cl)NC(=O)c2ccccc2)c1)C(=O)Nc1ccc(O)c(C(=O)O)c1. The Morgan fingerprint density at radius 3 is 2.27 bits per heavy atom. The summed E-state index contributed by atoms with van der Waals surface area (Å²) < 4.78 is 0. The first kappa shape index (κ1) is 31.9. The molecule has 0 aromatic heterocycles. The van der Waals surface area contributed by atoms with Gasteiger partial charge >= 0.3 is 5.97 Å². The third kappa shape index (κ3) is 8.50. The van der Waals surface area contributed by atoms with Gasteiger partial charge in [-0.1, -0.05) is 61.0 Å². The van der Waals surface area contributed by atoms with Crippen LogP contribution in [0.4, 0.5) is 11.4 Å². The van der Waals surface area contributed by atoms with Crippen LogP contribution in [0.25, 0.3) is 6.08 Å². The summed E-state index contributed by atoms with van der Waals surface area (Å²) in [6, 6.07) is 26.1. The molecule has 0 spiro atoms. The number of rotatable bonds is 11. The quantitative estimate of drug-likeness (QED) is 0.0708. The summed E-state index contributed by atoms with van der Waals surface area (Å²) in [6.07, 6.45) is 1.95. The fourth-order valence-corrected chi connectivity index (χ4v) is 5.23. The van der Waals surface area contributed by atoms with Gasteiger partial charge in [-0.05, 0) is 72.7 Å². The van der Waals surface area contributed by atoms with Crippen LogP contribution < -0.4 is 16.0 Å². The summed E-state index contributed by atoms with van der Waals surface area (Å²) in [6.45, 7) is 1.84. The van der Waals surface area contributed by atoms with Crippen molar-refractivity contribution in [2.24, 2.45) is 0 Å². The molecule has 0 saturated carbocycles. The maximum Gasteiger partial charge on any atom is 0.339 e. The molecule has 0 bridgehead atoms. The van der Waals surface area contributed by atoms with E-state index in [2.05, 4.69) is 16.0 Å². The number of thioether (sulfide) groups is 1. The Morgan fingerprint density at radius 2 is 1.57 bits per heavy atom. The van der Waals surface area contributed by atoms with Gasteiger partial charge in [0, 0.05) is 26.9 Å². The van der Waals surface area contributed by atoms with Gasteiger partial charge in [-0.2, -0.15) is 0 Å². The number of aromatic carboxylic acids is 1. The molecule has 0 fully saturated rings. The number of benzene rings is 4. The molecule has 0 radical (unpaired) electrons. The molecule has 4 aromatic rings. The number of carboxylic acids is 1. The Balaban J connectivity index is 1.50. The first-order chi connectivity index (χ1) is 21.1. The lowest BCUT2D eigenvalue weighted by Gasteiger charge is -2.16. The van der Waals surface area contributed by atoms with Crippen molar-refractivity contribution < 1.29 is 29.4 Å². The van der Waals surface area contributed by atoms with E-state index in [1.807, 2.05) is 6.92 Å². The molecule has 1 atom stereocenters. The minimum atomic E-state index is -1.32. The van der Waals surface area contributed by atoms with Crippen LogP contribution in [-0.4, -0.2) is 39.2 Å². The summed E-state index contributed by atoms with van der Waals surface area (Å²) in [7, 11) is 0. The van der Waals surface area contributed by atoms with Crippen LogP contribution in [0.15, 0.2) is 108 Å². The van der Waals surface area contributed by atoms with Crippen LogP contribution in [-0.2, 0) is 9.59 Å². The minimum Gasteiger partial charge on any atom is -0.507 e. The molecule has 9 nitrogen and oxygen atoms in total. The lowest BCUT2D eigenvalue weighted by molar-refractivity contribution is -0.116. The molecule has 3 amide bonds. The largest absolute Gasteiger partial charge is 0.507 e. The second-order valence-corrected chi connectivity index (χ2v) is 11.1. The van der Waals surface area contributed by atoms with Gasteiger partial charge in [0.15, 0.2) is 0 Å². The zero-order valence-corrected chi connectivity index (χ0v) is 25.0. The van der Waals surface area contributed by atoms with Gasteiger partial charge in [0.25, 0.3) is 11.8 Å². The molecule has 224 valence electrons. The molecule has 0 aliphatic rings. The average molecular weight is 630 g/mol. The van der Waals surface area contributed by atoms with E-state index in [1.54, 1.807) is 78.9 Å². The second kappa shape index (κ2) is 14.9. The molecule has 0 aliphatic heterocycles. The van der Waals surface area contributed by atoms with E-state index in [4.69, 9.17) is 11.6 Å². The smallest absolute Gasteiger partial charge is 0.339 e. The van der Waals surface area contributed by atoms with Crippen molar-refractivity contribution in [3.05, 3.63) is 124 Å². The Hall–Kier alpha value is -5.06. The highest BCUT2D eigenvalue weighted by Gasteiger charge is 2.20. The van der Waals surface area contributed by atoms with Crippen molar-refractivity contribution in [2.45, 2.75) is 23.5 Å². The minimum absolute atomic E-state index is 0.0227. The highest BCUT2D eigenvalue weighted by atomic mass is 35.5. The first-order valence-electron chi connectivity index (χ1n) is 13.4. The Labute approximate surface area is 263 Å². The lowest BCUT2D eigenvalue weighted by Crippen LogP contribution is -2.30. The topological polar surface area (TPSA) is 145 Å². The van der Waals surface area contributed by atoms with Gasteiger partial charge in [0.1, 0.15) is 17.0 Å². The number of anilines is 2. The normalized spacial score (nSPS) is 11.7. The number of nitrogens with one attached hydrogen (secondary N) is 3. The number of halogens is 1. The fraction of sp³-hybridized carbons (Fsp3) is 0.0909. The zero-order valence-electron chi connectivity index (χ0n) is 23.4. The first-order valence-corrected chi connectivity index (χ1v) is 14.7. The number of amides is 3. The Morgan fingerprint density at radius 1 is 0.864 bits per heavy atom. The molecule has 4 rings (SSSR count). The monoisotopic (exact) mass is 629 g/mol. The zero-order chi connectivity index (χ0) is 31.6. The van der Waals surface area contributed by atoms with Crippen molar-refractivity contribution in [3.8, 4) is 5.75 Å². The molecule has 0 saturated heterocycles. The summed E-state index contributed by atoms with van der Waals surface area (Å²) in [5.74, 6) is -3.13. The third-order valence-corrected chi connectivity index (χ3v) is 7.96. The summed E-state index contributed by atoms with van der Waals surface area (Å²) in [5, 5.41) is 27.0. The van der Waals surface area contributed by atoms with Gasteiger partial charge in [0.2, 0.25) is 5.91 Å². The predicted octanol–water partition coefficient (Wildman–Crippen LogP) is 6.66. The van der Waals surface area contributed by atoms with Crippen molar-refractivity contribution in [2.75, 3.05) is 10.6 Å². The number of hydrogen-bond acceptors (Lipinski definition) is 6. The van der Waals surface area contributed by atoms with E-state index in [1.165, 1.54) is 36.0 Å². The maximum atomic E-state index is 13.4. The Bertz CT molecular complexity index is 1730. The van der Waals surface area contributed by atoms with E-state index >= 15 is 0 Å². The van der Waals surface area contributed by atoms with Crippen molar-refractivity contribution in [1.82, 2.24) is 5.32 Å². The van der Waals surface area contributed by atoms with Crippen molar-refractivity contribution in [3.63, 3.8) is 0 Å². The maximum absolute atomic E-state index is 13.4. The highest BCUT2D eigenvalue weighted by molar-refractivity contribution is 8.00. The lowest BCUT2D eigenvalue weighted by atomic mass is 10.1. The van der Waals surface area contributed by atoms with Crippen LogP contribution >= 0.6 is 23.4 Å². The van der Waals surface area contributed by atoms with Crippen LogP contribution in [0, 0.1) is 0 Å². The second-order valence-electron chi connectivity index (χ2n) is 9.42. The van der Waals surface area contributed by atoms with Gasteiger partial charge in [-0.25, -0.2) is 4.79 Å². The fourth-order valence-electron chi connectivity index (χ4n) is 4.03. The average Bonchev–Trinajstić information content (AvgIpc) is 3.01. The van der Waals surface area contributed by atoms with Crippen LogP contribution in [0.2, 0.25) is 5.02 Å². The van der Waals surface area contributed by atoms with Crippen LogP contribution in [0.1, 0.15) is 39.6 Å². The molecular weight excluding hydrogens is 602 g/mol. The van der Waals surface area contributed by atoms with Crippen LogP contribution in [0.5, 0.6) is 5.75 Å². The molecular formula is C33H28ClN3O6S. The van der Waals surface area contributed by atoms with E-state index in [9.17, 15) is 29.4 Å². The molecule has 4 aromatic carbocycles. The van der Waals surface area contributed by atoms with E-state index in [-0.39, 0.29) is 22.9 Å². The molecule has 0 aliphatic carbocycles. The summed E-state index contributed by atoms with van der Waals surface area (Å²) >= 11 is 7.57. The molecule has 5 N–H and O–H groups in total. The van der Waals surface area contributed by atoms with Gasteiger partial charge < -0.3 is 26.2 Å². The van der Waals surface area contributed by atoms with Gasteiger partial charge in [0.05, 0.1) is 5.25 Å². The number of phenols is 1. The third-order valence-electron chi connectivity index (χ3n) is 6.26. The molecule has 1 unspecified atom stereocenters. The summed E-state index contributed by atoms with van der Waals surface area (Å²) in [5.41, 5.74) is 1.23. The number of hydrogen-bond donors (Lipinski definition) is 5. The van der Waals surface area contributed by atoms with E-state index in [0.29, 0.717) is 33.2 Å². The van der Waals surface area contributed by atoms with E-state index in [0.717, 1.165) is 0 Å². The predicted molar refractivity (Wildman–Crippen MR) is 172 cm³/mol. The van der Waals surface area contributed by atoms with Gasteiger partial charge in [-0.15, -0.1) is 11.8 Å². The molecule has 11 heteroatoms.